The first-order chi connectivity index (χ1) is 10.8. The summed E-state index contributed by atoms with van der Waals surface area (Å²) in [5, 5.41) is 0.930. The minimum absolute atomic E-state index is 0.186. The predicted octanol–water partition coefficient (Wildman–Crippen LogP) is 3.78. The van der Waals surface area contributed by atoms with Gasteiger partial charge in [0.15, 0.2) is 0 Å². The number of nitrogens with zero attached hydrogens (tertiary/aromatic N) is 1. The highest BCUT2D eigenvalue weighted by molar-refractivity contribution is 5.96. The number of H-pyrrole nitrogens is 1. The number of nitrogens with one attached hydrogen (secondary N) is 1. The van der Waals surface area contributed by atoms with Gasteiger partial charge in [0.1, 0.15) is 5.60 Å². The molecular weight excluding hydrogens is 292 g/mol. The number of benzene rings is 1. The van der Waals surface area contributed by atoms with Gasteiger partial charge < -0.3 is 9.72 Å². The first-order valence-electron chi connectivity index (χ1n) is 7.38. The number of fused-ring (bicyclic) bond motifs is 1. The molecule has 23 heavy (non-hydrogen) atoms. The van der Waals surface area contributed by atoms with Gasteiger partial charge in [-0.2, -0.15) is 0 Å². The van der Waals surface area contributed by atoms with Crippen molar-refractivity contribution in [3.63, 3.8) is 0 Å². The summed E-state index contributed by atoms with van der Waals surface area (Å²) in [7, 11) is 0. The van der Waals surface area contributed by atoms with E-state index >= 15 is 0 Å². The van der Waals surface area contributed by atoms with Crippen LogP contribution in [0.2, 0.25) is 0 Å². The van der Waals surface area contributed by atoms with Gasteiger partial charge in [0.05, 0.1) is 11.2 Å². The number of carbonyl (C=O) groups is 1. The van der Waals surface area contributed by atoms with Crippen molar-refractivity contribution in [2.24, 2.45) is 0 Å². The molecule has 0 saturated heterocycles. The van der Waals surface area contributed by atoms with Crippen LogP contribution in [0.25, 0.3) is 22.2 Å². The van der Waals surface area contributed by atoms with Crippen LogP contribution in [0.15, 0.2) is 53.5 Å². The van der Waals surface area contributed by atoms with E-state index in [1.807, 2.05) is 51.1 Å². The highest BCUT2D eigenvalue weighted by Gasteiger charge is 2.22. The van der Waals surface area contributed by atoms with Gasteiger partial charge >= 0.3 is 6.09 Å². The second kappa shape index (κ2) is 5.43. The van der Waals surface area contributed by atoms with Gasteiger partial charge in [0.2, 0.25) is 5.56 Å². The Morgan fingerprint density at radius 1 is 1.13 bits per heavy atom. The number of aromatic amines is 1. The van der Waals surface area contributed by atoms with Crippen molar-refractivity contribution in [2.75, 3.05) is 0 Å². The fourth-order valence-electron chi connectivity index (χ4n) is 2.44. The van der Waals surface area contributed by atoms with Gasteiger partial charge in [0, 0.05) is 23.2 Å². The molecule has 0 fully saturated rings. The maximum absolute atomic E-state index is 12.7. The van der Waals surface area contributed by atoms with Crippen LogP contribution in [-0.4, -0.2) is 21.2 Å². The molecule has 0 aliphatic carbocycles. The fraction of sp³-hybridized carbons (Fsp3) is 0.222. The standard InChI is InChI=1S/C18H18N2O3/c1-18(2,3)23-17(22)20-14-7-5-4-6-12(14)10-15(20)13-8-9-16(21)19-11-13/h4-11H,1-3H3,(H,19,21). The second-order valence-corrected chi connectivity index (χ2v) is 6.35. The minimum atomic E-state index is -0.593. The first kappa shape index (κ1) is 15.1. The predicted molar refractivity (Wildman–Crippen MR) is 89.6 cm³/mol. The molecule has 1 aromatic carbocycles. The van der Waals surface area contributed by atoms with Gasteiger partial charge in [-0.25, -0.2) is 9.36 Å². The maximum Gasteiger partial charge on any atom is 0.419 e. The van der Waals surface area contributed by atoms with E-state index in [1.54, 1.807) is 12.3 Å². The van der Waals surface area contributed by atoms with Crippen LogP contribution in [0.5, 0.6) is 0 Å². The van der Waals surface area contributed by atoms with Gasteiger partial charge in [-0.05, 0) is 39.0 Å². The lowest BCUT2D eigenvalue weighted by Crippen LogP contribution is -2.27. The molecule has 2 heterocycles. The van der Waals surface area contributed by atoms with Crippen molar-refractivity contribution < 1.29 is 9.53 Å². The maximum atomic E-state index is 12.7. The van der Waals surface area contributed by atoms with Crippen LogP contribution >= 0.6 is 0 Å². The third kappa shape index (κ3) is 3.04. The Kier molecular flexibility index (Phi) is 3.56. The Morgan fingerprint density at radius 2 is 1.87 bits per heavy atom. The third-order valence-electron chi connectivity index (χ3n) is 3.37. The number of para-hydroxylation sites is 1. The zero-order valence-electron chi connectivity index (χ0n) is 13.3. The van der Waals surface area contributed by atoms with Gasteiger partial charge in [-0.1, -0.05) is 18.2 Å². The van der Waals surface area contributed by atoms with E-state index in [-0.39, 0.29) is 5.56 Å². The summed E-state index contributed by atoms with van der Waals surface area (Å²) in [6.45, 7) is 5.49. The van der Waals surface area contributed by atoms with Crippen molar-refractivity contribution in [3.8, 4) is 11.3 Å². The molecule has 1 N–H and O–H groups in total. The number of pyridine rings is 1. The number of hydrogen-bond acceptors (Lipinski definition) is 3. The minimum Gasteiger partial charge on any atom is -0.443 e. The summed E-state index contributed by atoms with van der Waals surface area (Å²) >= 11 is 0. The smallest absolute Gasteiger partial charge is 0.419 e. The highest BCUT2D eigenvalue weighted by atomic mass is 16.6. The SMILES string of the molecule is CC(C)(C)OC(=O)n1c(-c2ccc(=O)[nH]c2)cc2ccccc21. The average Bonchev–Trinajstić information content (AvgIpc) is 2.85. The van der Waals surface area contributed by atoms with Crippen molar-refractivity contribution in [1.29, 1.82) is 0 Å². The first-order valence-corrected chi connectivity index (χ1v) is 7.38. The quantitative estimate of drug-likeness (QED) is 0.744. The van der Waals surface area contributed by atoms with Crippen molar-refractivity contribution in [2.45, 2.75) is 26.4 Å². The highest BCUT2D eigenvalue weighted by Crippen LogP contribution is 2.28. The lowest BCUT2D eigenvalue weighted by molar-refractivity contribution is 0.0547. The van der Waals surface area contributed by atoms with Crippen LogP contribution in [0.4, 0.5) is 4.79 Å². The van der Waals surface area contributed by atoms with E-state index in [4.69, 9.17) is 4.74 Å². The number of carbonyl (C=O) groups excluding carboxylic acids is 1. The zero-order chi connectivity index (χ0) is 16.6. The van der Waals surface area contributed by atoms with E-state index in [0.29, 0.717) is 5.69 Å². The van der Waals surface area contributed by atoms with Crippen LogP contribution in [0, 0.1) is 0 Å². The van der Waals surface area contributed by atoms with Crippen molar-refractivity contribution in [1.82, 2.24) is 9.55 Å². The molecule has 3 aromatic rings. The molecular formula is C18H18N2O3. The fourth-order valence-corrected chi connectivity index (χ4v) is 2.44. The number of ether oxygens (including phenoxy) is 1. The molecule has 0 bridgehead atoms. The summed E-state index contributed by atoms with van der Waals surface area (Å²) in [5.74, 6) is 0. The molecule has 0 saturated carbocycles. The topological polar surface area (TPSA) is 64.1 Å². The molecule has 0 aliphatic rings. The van der Waals surface area contributed by atoms with Crippen LogP contribution in [-0.2, 0) is 4.74 Å². The molecule has 0 unspecified atom stereocenters. The van der Waals surface area contributed by atoms with Gasteiger partial charge in [-0.15, -0.1) is 0 Å². The Labute approximate surface area is 133 Å². The molecule has 5 nitrogen and oxygen atoms in total. The third-order valence-corrected chi connectivity index (χ3v) is 3.37. The van der Waals surface area contributed by atoms with Crippen molar-refractivity contribution >= 4 is 17.0 Å². The molecule has 0 radical (unpaired) electrons. The summed E-state index contributed by atoms with van der Waals surface area (Å²) in [4.78, 5) is 26.6. The molecule has 2 aromatic heterocycles. The summed E-state index contributed by atoms with van der Waals surface area (Å²) in [6.07, 6.45) is 1.15. The van der Waals surface area contributed by atoms with Gasteiger partial charge in [0.25, 0.3) is 0 Å². The van der Waals surface area contributed by atoms with E-state index in [0.717, 1.165) is 16.5 Å². The lowest BCUT2D eigenvalue weighted by Gasteiger charge is -2.21. The Morgan fingerprint density at radius 3 is 2.52 bits per heavy atom. The van der Waals surface area contributed by atoms with Crippen LogP contribution in [0.1, 0.15) is 20.8 Å². The normalized spacial score (nSPS) is 11.6. The monoisotopic (exact) mass is 310 g/mol. The van der Waals surface area contributed by atoms with Crippen molar-refractivity contribution in [3.05, 3.63) is 59.0 Å². The van der Waals surface area contributed by atoms with E-state index in [9.17, 15) is 9.59 Å². The largest absolute Gasteiger partial charge is 0.443 e. The van der Waals surface area contributed by atoms with E-state index in [2.05, 4.69) is 4.98 Å². The summed E-state index contributed by atoms with van der Waals surface area (Å²) in [5.41, 5.74) is 1.41. The molecule has 3 rings (SSSR count). The van der Waals surface area contributed by atoms with Crippen LogP contribution < -0.4 is 5.56 Å². The number of aromatic nitrogens is 2. The Balaban J connectivity index is 2.21. The molecule has 0 atom stereocenters. The van der Waals surface area contributed by atoms with Gasteiger partial charge in [-0.3, -0.25) is 4.79 Å². The average molecular weight is 310 g/mol. The summed E-state index contributed by atoms with van der Waals surface area (Å²) < 4.78 is 7.06. The Bertz CT molecular complexity index is 909. The molecule has 0 spiro atoms. The molecule has 0 aliphatic heterocycles. The lowest BCUT2D eigenvalue weighted by atomic mass is 10.2. The zero-order valence-corrected chi connectivity index (χ0v) is 13.3. The number of hydrogen-bond donors (Lipinski definition) is 1. The number of rotatable bonds is 1. The van der Waals surface area contributed by atoms with Crippen LogP contribution in [0.3, 0.4) is 0 Å². The van der Waals surface area contributed by atoms with E-state index in [1.165, 1.54) is 10.6 Å². The van der Waals surface area contributed by atoms with E-state index < -0.39 is 11.7 Å². The molecule has 118 valence electrons. The molecule has 0 amide bonds. The summed E-state index contributed by atoms with van der Waals surface area (Å²) in [6, 6.07) is 12.6. The Hall–Kier alpha value is -2.82. The molecule has 5 heteroatoms. The second-order valence-electron chi connectivity index (χ2n) is 6.35.